The van der Waals surface area contributed by atoms with Crippen LogP contribution in [0, 0.1) is 20.8 Å². The number of hydrogen-bond donors (Lipinski definition) is 0. The molecule has 5 heteroatoms. The van der Waals surface area contributed by atoms with Gasteiger partial charge in [-0.25, -0.2) is 9.78 Å². The molecule has 0 saturated heterocycles. The third-order valence-corrected chi connectivity index (χ3v) is 6.13. The summed E-state index contributed by atoms with van der Waals surface area (Å²) in [6, 6.07) is 20.3. The number of esters is 1. The number of nitrogens with zero attached hydrogens (tertiary/aromatic N) is 1. The molecular formula is C28H24ClNO3. The maximum absolute atomic E-state index is 13.3. The Morgan fingerprint density at radius 1 is 0.879 bits per heavy atom. The van der Waals surface area contributed by atoms with Gasteiger partial charge < -0.3 is 4.74 Å². The third-order valence-electron chi connectivity index (χ3n) is 5.72. The second kappa shape index (κ2) is 9.16. The maximum atomic E-state index is 13.3. The van der Waals surface area contributed by atoms with E-state index in [1.165, 1.54) is 0 Å². The van der Waals surface area contributed by atoms with Gasteiger partial charge in [0.1, 0.15) is 0 Å². The van der Waals surface area contributed by atoms with Gasteiger partial charge >= 0.3 is 5.97 Å². The molecular weight excluding hydrogens is 434 g/mol. The van der Waals surface area contributed by atoms with E-state index >= 15 is 0 Å². The van der Waals surface area contributed by atoms with E-state index in [0.717, 1.165) is 22.3 Å². The van der Waals surface area contributed by atoms with Crippen LogP contribution in [0.2, 0.25) is 5.02 Å². The zero-order valence-electron chi connectivity index (χ0n) is 19.0. The van der Waals surface area contributed by atoms with E-state index < -0.39 is 12.1 Å². The number of hydrogen-bond acceptors (Lipinski definition) is 4. The predicted octanol–water partition coefficient (Wildman–Crippen LogP) is 6.91. The lowest BCUT2D eigenvalue weighted by Crippen LogP contribution is -2.24. The van der Waals surface area contributed by atoms with Crippen LogP contribution in [0.15, 0.2) is 66.7 Å². The van der Waals surface area contributed by atoms with E-state index in [2.05, 4.69) is 0 Å². The summed E-state index contributed by atoms with van der Waals surface area (Å²) in [6.45, 7) is 7.42. The molecule has 4 nitrogen and oxygen atoms in total. The number of Topliss-reactive ketones (excluding diaryl/α,β-unsaturated/α-hetero) is 1. The van der Waals surface area contributed by atoms with Crippen molar-refractivity contribution in [2.24, 2.45) is 0 Å². The topological polar surface area (TPSA) is 56.3 Å². The Morgan fingerprint density at radius 3 is 2.12 bits per heavy atom. The summed E-state index contributed by atoms with van der Waals surface area (Å²) in [5.41, 5.74) is 5.95. The molecule has 0 radical (unpaired) electrons. The molecule has 0 aliphatic heterocycles. The van der Waals surface area contributed by atoms with Gasteiger partial charge in [-0.3, -0.25) is 4.79 Å². The molecule has 0 fully saturated rings. The number of rotatable bonds is 5. The summed E-state index contributed by atoms with van der Waals surface area (Å²) >= 11 is 6.34. The van der Waals surface area contributed by atoms with E-state index in [1.807, 2.05) is 57.2 Å². The molecule has 0 aliphatic rings. The van der Waals surface area contributed by atoms with Crippen LogP contribution >= 0.6 is 11.6 Å². The molecule has 0 spiro atoms. The first-order chi connectivity index (χ1) is 15.7. The number of fused-ring (bicyclic) bond motifs is 1. The highest BCUT2D eigenvalue weighted by atomic mass is 35.5. The average molecular weight is 458 g/mol. The Hall–Kier alpha value is -3.50. The molecule has 0 saturated carbocycles. The van der Waals surface area contributed by atoms with E-state index in [1.54, 1.807) is 37.3 Å². The number of pyridine rings is 1. The Morgan fingerprint density at radius 2 is 1.48 bits per heavy atom. The van der Waals surface area contributed by atoms with Gasteiger partial charge in [0.25, 0.3) is 0 Å². The molecule has 0 aliphatic carbocycles. The van der Waals surface area contributed by atoms with Crippen LogP contribution < -0.4 is 0 Å². The summed E-state index contributed by atoms with van der Waals surface area (Å²) in [7, 11) is 0. The van der Waals surface area contributed by atoms with E-state index in [9.17, 15) is 9.59 Å². The van der Waals surface area contributed by atoms with Gasteiger partial charge in [0.15, 0.2) is 6.10 Å². The quantitative estimate of drug-likeness (QED) is 0.241. The molecule has 0 amide bonds. The van der Waals surface area contributed by atoms with Crippen molar-refractivity contribution >= 4 is 34.3 Å². The Kier molecular flexibility index (Phi) is 6.30. The highest BCUT2D eigenvalue weighted by molar-refractivity contribution is 6.32. The van der Waals surface area contributed by atoms with Crippen LogP contribution in [0.3, 0.4) is 0 Å². The van der Waals surface area contributed by atoms with Gasteiger partial charge in [0.2, 0.25) is 5.78 Å². The van der Waals surface area contributed by atoms with Gasteiger partial charge in [-0.2, -0.15) is 0 Å². The molecule has 0 unspecified atom stereocenters. The highest BCUT2D eigenvalue weighted by Crippen LogP contribution is 2.31. The molecule has 33 heavy (non-hydrogen) atoms. The largest absolute Gasteiger partial charge is 0.451 e. The monoisotopic (exact) mass is 457 g/mol. The van der Waals surface area contributed by atoms with Crippen molar-refractivity contribution in [3.8, 4) is 11.3 Å². The average Bonchev–Trinajstić information content (AvgIpc) is 2.81. The molecule has 0 bridgehead atoms. The minimum absolute atomic E-state index is 0.250. The lowest BCUT2D eigenvalue weighted by atomic mass is 10.0. The van der Waals surface area contributed by atoms with Crippen molar-refractivity contribution in [2.45, 2.75) is 33.8 Å². The summed E-state index contributed by atoms with van der Waals surface area (Å²) in [5.74, 6) is -0.829. The molecule has 1 aromatic heterocycles. The third kappa shape index (κ3) is 4.67. The highest BCUT2D eigenvalue weighted by Gasteiger charge is 2.23. The predicted molar refractivity (Wildman–Crippen MR) is 132 cm³/mol. The fourth-order valence-corrected chi connectivity index (χ4v) is 3.83. The molecule has 4 rings (SSSR count). The zero-order chi connectivity index (χ0) is 23.7. The molecule has 166 valence electrons. The van der Waals surface area contributed by atoms with Gasteiger partial charge in [0.05, 0.1) is 16.8 Å². The Labute approximate surface area is 198 Å². The fraction of sp³-hybridized carbons (Fsp3) is 0.179. The smallest absolute Gasteiger partial charge is 0.339 e. The van der Waals surface area contributed by atoms with Crippen molar-refractivity contribution in [1.29, 1.82) is 0 Å². The van der Waals surface area contributed by atoms with E-state index in [-0.39, 0.29) is 5.78 Å². The summed E-state index contributed by atoms with van der Waals surface area (Å²) < 4.78 is 5.62. The van der Waals surface area contributed by atoms with Crippen LogP contribution in [-0.2, 0) is 4.74 Å². The van der Waals surface area contributed by atoms with E-state index in [4.69, 9.17) is 21.3 Å². The van der Waals surface area contributed by atoms with E-state index in [0.29, 0.717) is 32.7 Å². The number of halogens is 1. The standard InChI is InChI=1S/C28H24ClNO3/c1-16-5-9-20(10-6-16)25-15-23(22-13-14-24(29)18(3)26(22)30-25)28(32)33-19(4)27(31)21-11-7-17(2)8-12-21/h5-15,19H,1-4H3/t19-/m1/s1. The first-order valence-corrected chi connectivity index (χ1v) is 11.1. The maximum Gasteiger partial charge on any atom is 0.339 e. The Bertz CT molecular complexity index is 1360. The van der Waals surface area contributed by atoms with Crippen LogP contribution in [0.25, 0.3) is 22.2 Å². The molecule has 0 N–H and O–H groups in total. The van der Waals surface area contributed by atoms with Gasteiger partial charge in [-0.15, -0.1) is 0 Å². The minimum atomic E-state index is -0.931. The van der Waals surface area contributed by atoms with Crippen molar-refractivity contribution < 1.29 is 14.3 Å². The summed E-state index contributed by atoms with van der Waals surface area (Å²) in [6.07, 6.45) is -0.931. The van der Waals surface area contributed by atoms with Crippen molar-refractivity contribution in [1.82, 2.24) is 4.98 Å². The SMILES string of the molecule is Cc1ccc(C(=O)[C@@H](C)OC(=O)c2cc(-c3ccc(C)cc3)nc3c(C)c(Cl)ccc23)cc1. The number of carbonyl (C=O) groups excluding carboxylic acids is 2. The van der Waals surface area contributed by atoms with Gasteiger partial charge in [-0.05, 0) is 45.4 Å². The molecule has 1 heterocycles. The Balaban J connectivity index is 1.74. The first-order valence-electron chi connectivity index (χ1n) is 10.7. The van der Waals surface area contributed by atoms with Crippen molar-refractivity contribution in [2.75, 3.05) is 0 Å². The fourth-order valence-electron chi connectivity index (χ4n) is 3.68. The van der Waals surface area contributed by atoms with Crippen molar-refractivity contribution in [3.05, 3.63) is 99.6 Å². The normalized spacial score (nSPS) is 11.9. The number of benzene rings is 3. The van der Waals surface area contributed by atoms with Crippen LogP contribution in [0.1, 0.15) is 44.3 Å². The number of aromatic nitrogens is 1. The summed E-state index contributed by atoms with van der Waals surface area (Å²) in [5, 5.41) is 1.20. The van der Waals surface area contributed by atoms with Gasteiger partial charge in [0, 0.05) is 21.5 Å². The second-order valence-electron chi connectivity index (χ2n) is 8.27. The number of aryl methyl sites for hydroxylation is 3. The number of carbonyl (C=O) groups is 2. The van der Waals surface area contributed by atoms with Crippen LogP contribution in [0.4, 0.5) is 0 Å². The zero-order valence-corrected chi connectivity index (χ0v) is 19.7. The summed E-state index contributed by atoms with van der Waals surface area (Å²) in [4.78, 5) is 30.8. The van der Waals surface area contributed by atoms with Crippen LogP contribution in [-0.4, -0.2) is 22.8 Å². The second-order valence-corrected chi connectivity index (χ2v) is 8.67. The number of ether oxygens (including phenoxy) is 1. The first kappa shape index (κ1) is 22.7. The van der Waals surface area contributed by atoms with Crippen LogP contribution in [0.5, 0.6) is 0 Å². The molecule has 3 aromatic carbocycles. The minimum Gasteiger partial charge on any atom is -0.451 e. The number of ketones is 1. The molecule has 1 atom stereocenters. The molecule has 4 aromatic rings. The van der Waals surface area contributed by atoms with Crippen molar-refractivity contribution in [3.63, 3.8) is 0 Å². The lowest BCUT2D eigenvalue weighted by Gasteiger charge is -2.15. The lowest BCUT2D eigenvalue weighted by molar-refractivity contribution is 0.0320. The van der Waals surface area contributed by atoms with Gasteiger partial charge in [-0.1, -0.05) is 77.3 Å².